The van der Waals surface area contributed by atoms with Gasteiger partial charge in [-0.25, -0.2) is 13.6 Å². The van der Waals surface area contributed by atoms with Crippen molar-refractivity contribution in [3.63, 3.8) is 0 Å². The zero-order valence-electron chi connectivity index (χ0n) is 17.2. The van der Waals surface area contributed by atoms with Crippen molar-refractivity contribution >= 4 is 50.6 Å². The molecule has 3 rings (SSSR count). The van der Waals surface area contributed by atoms with Crippen LogP contribution in [0.3, 0.4) is 0 Å². The van der Waals surface area contributed by atoms with Crippen LogP contribution in [0.2, 0.25) is 0 Å². The first-order valence-corrected chi connectivity index (χ1v) is 11.7. The van der Waals surface area contributed by atoms with E-state index in [-0.39, 0.29) is 11.0 Å². The molecule has 30 heavy (non-hydrogen) atoms. The average Bonchev–Trinajstić information content (AvgIpc) is 2.84. The van der Waals surface area contributed by atoms with Crippen LogP contribution >= 0.6 is 12.2 Å². The van der Waals surface area contributed by atoms with Crippen molar-refractivity contribution in [1.82, 2.24) is 0 Å². The van der Waals surface area contributed by atoms with Gasteiger partial charge in [-0.2, -0.15) is 0 Å². The Balaban J connectivity index is 1.86. The maximum atomic E-state index is 11.8. The number of hydrogen-bond donors (Lipinski definition) is 3. The molecule has 0 aromatic heterocycles. The molecule has 160 valence electrons. The van der Waals surface area contributed by atoms with Crippen molar-refractivity contribution in [2.75, 3.05) is 10.6 Å². The molecule has 7 nitrogen and oxygen atoms in total. The maximum Gasteiger partial charge on any atom is 0.238 e. The van der Waals surface area contributed by atoms with E-state index in [4.69, 9.17) is 22.1 Å². The first-order chi connectivity index (χ1) is 14.1. The second kappa shape index (κ2) is 9.11. The van der Waals surface area contributed by atoms with Gasteiger partial charge in [0.25, 0.3) is 0 Å². The van der Waals surface area contributed by atoms with Crippen molar-refractivity contribution in [3.05, 3.63) is 42.0 Å². The molecule has 0 saturated carbocycles. The first kappa shape index (κ1) is 22.2. The van der Waals surface area contributed by atoms with Gasteiger partial charge in [0.15, 0.2) is 5.11 Å². The number of ether oxygens (including phenoxy) is 1. The largest absolute Gasteiger partial charge is 0.489 e. The maximum absolute atomic E-state index is 11.8. The zero-order valence-corrected chi connectivity index (χ0v) is 18.8. The summed E-state index contributed by atoms with van der Waals surface area (Å²) < 4.78 is 29.3. The van der Waals surface area contributed by atoms with Crippen LogP contribution in [0.4, 0.5) is 17.1 Å². The molecule has 1 heterocycles. The SMILES string of the molecule is CC1C=Nc2cccc(NC(=S)Nc3cc(S(N)(=O)=O)ccc3OC(C)C)c2CC1. The highest BCUT2D eigenvalue weighted by Crippen LogP contribution is 2.32. The highest BCUT2D eigenvalue weighted by atomic mass is 32.2. The third kappa shape index (κ3) is 5.56. The summed E-state index contributed by atoms with van der Waals surface area (Å²) in [6.07, 6.45) is 3.75. The number of nitrogens with one attached hydrogen (secondary N) is 2. The zero-order chi connectivity index (χ0) is 21.9. The monoisotopic (exact) mass is 446 g/mol. The summed E-state index contributed by atoms with van der Waals surface area (Å²) >= 11 is 5.49. The fraction of sp³-hybridized carbons (Fsp3) is 0.333. The molecule has 4 N–H and O–H groups in total. The van der Waals surface area contributed by atoms with Crippen LogP contribution in [0.15, 0.2) is 46.3 Å². The molecule has 1 aliphatic rings. The molecule has 2 aromatic rings. The molecule has 2 aromatic carbocycles. The van der Waals surface area contributed by atoms with Gasteiger partial charge >= 0.3 is 0 Å². The van der Waals surface area contributed by atoms with Crippen LogP contribution in [0.25, 0.3) is 0 Å². The van der Waals surface area contributed by atoms with Gasteiger partial charge < -0.3 is 15.4 Å². The lowest BCUT2D eigenvalue weighted by Crippen LogP contribution is -2.21. The van der Waals surface area contributed by atoms with Crippen molar-refractivity contribution in [1.29, 1.82) is 0 Å². The minimum absolute atomic E-state index is 0.0270. The van der Waals surface area contributed by atoms with E-state index in [2.05, 4.69) is 22.5 Å². The Morgan fingerprint density at radius 2 is 1.97 bits per heavy atom. The van der Waals surface area contributed by atoms with Gasteiger partial charge in [0.1, 0.15) is 5.75 Å². The Hall–Kier alpha value is -2.49. The molecule has 0 amide bonds. The Morgan fingerprint density at radius 3 is 2.67 bits per heavy atom. The Bertz CT molecular complexity index is 1080. The van der Waals surface area contributed by atoms with Crippen molar-refractivity contribution in [2.24, 2.45) is 16.0 Å². The number of primary sulfonamides is 1. The molecule has 0 saturated heterocycles. The third-order valence-corrected chi connectivity index (χ3v) is 5.72. The molecule has 0 aliphatic carbocycles. The second-order valence-corrected chi connectivity index (χ2v) is 9.52. The summed E-state index contributed by atoms with van der Waals surface area (Å²) in [6, 6.07) is 10.2. The lowest BCUT2D eigenvalue weighted by atomic mass is 10.0. The number of hydrogen-bond acceptors (Lipinski definition) is 5. The van der Waals surface area contributed by atoms with E-state index in [1.165, 1.54) is 12.1 Å². The lowest BCUT2D eigenvalue weighted by Gasteiger charge is -2.19. The predicted octanol–water partition coefficient (Wildman–Crippen LogP) is 4.21. The lowest BCUT2D eigenvalue weighted by molar-refractivity contribution is 0.243. The van der Waals surface area contributed by atoms with Gasteiger partial charge in [-0.1, -0.05) is 13.0 Å². The van der Waals surface area contributed by atoms with E-state index in [9.17, 15) is 8.42 Å². The highest BCUT2D eigenvalue weighted by molar-refractivity contribution is 7.89. The normalized spacial score (nSPS) is 16.0. The summed E-state index contributed by atoms with van der Waals surface area (Å²) in [6.45, 7) is 5.91. The van der Waals surface area contributed by atoms with E-state index in [1.54, 1.807) is 6.07 Å². The number of benzene rings is 2. The van der Waals surface area contributed by atoms with Crippen LogP contribution in [0.5, 0.6) is 5.75 Å². The van der Waals surface area contributed by atoms with E-state index in [0.29, 0.717) is 22.5 Å². The molecule has 0 radical (unpaired) electrons. The molecule has 1 aliphatic heterocycles. The van der Waals surface area contributed by atoms with Gasteiger partial charge in [0.05, 0.1) is 22.4 Å². The molecule has 0 fully saturated rings. The van der Waals surface area contributed by atoms with Crippen LogP contribution in [-0.2, 0) is 16.4 Å². The Labute approximate surface area is 182 Å². The van der Waals surface area contributed by atoms with Gasteiger partial charge in [0, 0.05) is 17.5 Å². The van der Waals surface area contributed by atoms with Crippen molar-refractivity contribution < 1.29 is 13.2 Å². The number of nitrogens with two attached hydrogens (primary N) is 1. The van der Waals surface area contributed by atoms with Gasteiger partial charge in [-0.15, -0.1) is 0 Å². The third-order valence-electron chi connectivity index (χ3n) is 4.61. The molecular formula is C21H26N4O3S2. The van der Waals surface area contributed by atoms with Gasteiger partial charge in [-0.05, 0) is 75.2 Å². The standard InChI is InChI=1S/C21H26N4O3S2/c1-13(2)28-20-10-8-15(30(22,26)27)11-19(20)25-21(29)24-18-6-4-5-17-16(18)9-7-14(3)12-23-17/h4-6,8,10-14H,7,9H2,1-3H3,(H2,22,26,27)(H2,24,25,29). The molecular weight excluding hydrogens is 420 g/mol. The average molecular weight is 447 g/mol. The van der Waals surface area contributed by atoms with Crippen LogP contribution in [0.1, 0.15) is 32.8 Å². The number of rotatable bonds is 5. The molecule has 1 atom stereocenters. The van der Waals surface area contributed by atoms with Crippen molar-refractivity contribution in [2.45, 2.75) is 44.6 Å². The molecule has 0 bridgehead atoms. The van der Waals surface area contributed by atoms with E-state index in [1.807, 2.05) is 38.3 Å². The van der Waals surface area contributed by atoms with Crippen molar-refractivity contribution in [3.8, 4) is 5.75 Å². The molecule has 1 unspecified atom stereocenters. The van der Waals surface area contributed by atoms with Crippen LogP contribution < -0.4 is 20.5 Å². The summed E-state index contributed by atoms with van der Waals surface area (Å²) in [4.78, 5) is 4.55. The first-order valence-electron chi connectivity index (χ1n) is 9.71. The van der Waals surface area contributed by atoms with Gasteiger partial charge in [0.2, 0.25) is 10.0 Å². The fourth-order valence-corrected chi connectivity index (χ4v) is 3.91. The summed E-state index contributed by atoms with van der Waals surface area (Å²) in [5, 5.41) is 11.8. The number of sulfonamides is 1. The Morgan fingerprint density at radius 1 is 1.23 bits per heavy atom. The van der Waals surface area contributed by atoms with E-state index < -0.39 is 10.0 Å². The topological polar surface area (TPSA) is 106 Å². The minimum atomic E-state index is -3.86. The number of aliphatic imine (C=N–C) groups is 1. The van der Waals surface area contributed by atoms with Crippen LogP contribution in [0, 0.1) is 5.92 Å². The smallest absolute Gasteiger partial charge is 0.238 e. The predicted molar refractivity (Wildman–Crippen MR) is 126 cm³/mol. The number of nitrogens with zero attached hydrogens (tertiary/aromatic N) is 1. The number of anilines is 2. The van der Waals surface area contributed by atoms with E-state index in [0.717, 1.165) is 29.8 Å². The quantitative estimate of drug-likeness (QED) is 0.594. The fourth-order valence-electron chi connectivity index (χ4n) is 3.15. The summed E-state index contributed by atoms with van der Waals surface area (Å²) in [5.41, 5.74) is 3.30. The number of fused-ring (bicyclic) bond motifs is 1. The highest BCUT2D eigenvalue weighted by Gasteiger charge is 2.16. The Kier molecular flexibility index (Phi) is 6.74. The summed E-state index contributed by atoms with van der Waals surface area (Å²) in [5.74, 6) is 0.888. The second-order valence-electron chi connectivity index (χ2n) is 7.55. The minimum Gasteiger partial charge on any atom is -0.489 e. The molecule has 9 heteroatoms. The molecule has 0 spiro atoms. The summed E-state index contributed by atoms with van der Waals surface area (Å²) in [7, 11) is -3.86. The van der Waals surface area contributed by atoms with Gasteiger partial charge in [-0.3, -0.25) is 4.99 Å². The van der Waals surface area contributed by atoms with Crippen LogP contribution in [-0.4, -0.2) is 25.8 Å². The number of thiocarbonyl (C=S) groups is 1. The van der Waals surface area contributed by atoms with E-state index >= 15 is 0 Å².